The van der Waals surface area contributed by atoms with Gasteiger partial charge in [0.25, 0.3) is 0 Å². The van der Waals surface area contributed by atoms with E-state index in [1.807, 2.05) is 6.92 Å². The molecule has 0 aromatic heterocycles. The number of carbonyl (C=O) groups excluding carboxylic acids is 1. The molecule has 82 valence electrons. The van der Waals surface area contributed by atoms with Crippen molar-refractivity contribution < 1.29 is 9.18 Å². The first kappa shape index (κ1) is 12.0. The van der Waals surface area contributed by atoms with Gasteiger partial charge in [0.05, 0.1) is 4.47 Å². The van der Waals surface area contributed by atoms with E-state index in [1.54, 1.807) is 13.0 Å². The summed E-state index contributed by atoms with van der Waals surface area (Å²) in [6.07, 6.45) is 0. The van der Waals surface area contributed by atoms with Crippen LogP contribution in [0.1, 0.15) is 12.5 Å². The lowest BCUT2D eigenvalue weighted by molar-refractivity contribution is 0.252. The Morgan fingerprint density at radius 1 is 1.53 bits per heavy atom. The number of halogens is 2. The van der Waals surface area contributed by atoms with E-state index in [1.165, 1.54) is 6.07 Å². The lowest BCUT2D eigenvalue weighted by Gasteiger charge is -2.09. The molecule has 0 radical (unpaired) electrons. The van der Waals surface area contributed by atoms with Crippen molar-refractivity contribution in [1.29, 1.82) is 0 Å². The van der Waals surface area contributed by atoms with Gasteiger partial charge in [0, 0.05) is 12.2 Å². The number of hydrogen-bond acceptors (Lipinski definition) is 1. The number of anilines is 1. The second-order valence-electron chi connectivity index (χ2n) is 3.07. The Hall–Kier alpha value is -1.10. The topological polar surface area (TPSA) is 41.1 Å². The van der Waals surface area contributed by atoms with Gasteiger partial charge in [0.15, 0.2) is 0 Å². The van der Waals surface area contributed by atoms with Crippen molar-refractivity contribution >= 4 is 27.6 Å². The summed E-state index contributed by atoms with van der Waals surface area (Å²) in [4.78, 5) is 11.2. The van der Waals surface area contributed by atoms with Crippen molar-refractivity contribution in [3.63, 3.8) is 0 Å². The highest BCUT2D eigenvalue weighted by Crippen LogP contribution is 2.23. The van der Waals surface area contributed by atoms with Gasteiger partial charge in [-0.1, -0.05) is 0 Å². The van der Waals surface area contributed by atoms with E-state index in [-0.39, 0.29) is 11.8 Å². The van der Waals surface area contributed by atoms with Crippen LogP contribution in [0.5, 0.6) is 0 Å². The fourth-order valence-electron chi connectivity index (χ4n) is 1.11. The van der Waals surface area contributed by atoms with E-state index < -0.39 is 0 Å². The fourth-order valence-corrected chi connectivity index (χ4v) is 1.45. The maximum absolute atomic E-state index is 13.1. The molecule has 15 heavy (non-hydrogen) atoms. The number of carbonyl (C=O) groups is 1. The number of amides is 2. The van der Waals surface area contributed by atoms with Gasteiger partial charge in [-0.3, -0.25) is 0 Å². The first-order valence-electron chi connectivity index (χ1n) is 4.55. The van der Waals surface area contributed by atoms with Crippen LogP contribution < -0.4 is 10.6 Å². The highest BCUT2D eigenvalue weighted by molar-refractivity contribution is 9.10. The van der Waals surface area contributed by atoms with Crippen LogP contribution in [-0.4, -0.2) is 12.6 Å². The van der Waals surface area contributed by atoms with Gasteiger partial charge in [0.2, 0.25) is 0 Å². The number of hydrogen-bond donors (Lipinski definition) is 2. The molecule has 0 atom stereocenters. The zero-order chi connectivity index (χ0) is 11.4. The largest absolute Gasteiger partial charge is 0.338 e. The molecule has 0 heterocycles. The number of aryl methyl sites for hydroxylation is 1. The van der Waals surface area contributed by atoms with Crippen molar-refractivity contribution in [2.45, 2.75) is 13.8 Å². The van der Waals surface area contributed by atoms with E-state index in [9.17, 15) is 9.18 Å². The molecule has 1 aromatic carbocycles. The molecule has 0 saturated carbocycles. The fraction of sp³-hybridized carbons (Fsp3) is 0.300. The third-order valence-corrected chi connectivity index (χ3v) is 2.46. The number of rotatable bonds is 2. The van der Waals surface area contributed by atoms with Gasteiger partial charge in [-0.05, 0) is 47.5 Å². The van der Waals surface area contributed by atoms with Gasteiger partial charge >= 0.3 is 6.03 Å². The molecule has 5 heteroatoms. The summed E-state index contributed by atoms with van der Waals surface area (Å²) in [5.41, 5.74) is 1.27. The Labute approximate surface area is 96.2 Å². The van der Waals surface area contributed by atoms with Crippen LogP contribution in [-0.2, 0) is 0 Å². The third kappa shape index (κ3) is 3.20. The minimum absolute atomic E-state index is 0.292. The van der Waals surface area contributed by atoms with E-state index >= 15 is 0 Å². The molecule has 3 nitrogen and oxygen atoms in total. The molecule has 0 unspecified atom stereocenters. The summed E-state index contributed by atoms with van der Waals surface area (Å²) >= 11 is 3.06. The Kier molecular flexibility index (Phi) is 4.08. The van der Waals surface area contributed by atoms with Crippen LogP contribution in [0.15, 0.2) is 16.6 Å². The predicted octanol–water partition coefficient (Wildman–Crippen LogP) is 3.04. The number of urea groups is 1. The van der Waals surface area contributed by atoms with E-state index in [2.05, 4.69) is 26.6 Å². The van der Waals surface area contributed by atoms with Crippen molar-refractivity contribution in [2.24, 2.45) is 0 Å². The Bertz CT molecular complexity index is 382. The van der Waals surface area contributed by atoms with Gasteiger partial charge in [-0.15, -0.1) is 0 Å². The van der Waals surface area contributed by atoms with Gasteiger partial charge in [-0.2, -0.15) is 0 Å². The van der Waals surface area contributed by atoms with E-state index in [0.717, 1.165) is 0 Å². The lowest BCUT2D eigenvalue weighted by atomic mass is 10.2. The molecule has 0 saturated heterocycles. The summed E-state index contributed by atoms with van der Waals surface area (Å²) in [6, 6.07) is 2.62. The highest BCUT2D eigenvalue weighted by atomic mass is 79.9. The third-order valence-electron chi connectivity index (χ3n) is 1.85. The molecule has 2 N–H and O–H groups in total. The molecule has 0 aliphatic heterocycles. The molecule has 0 bridgehead atoms. The number of benzene rings is 1. The van der Waals surface area contributed by atoms with Crippen molar-refractivity contribution in [3.05, 3.63) is 28.0 Å². The van der Waals surface area contributed by atoms with Crippen molar-refractivity contribution in [1.82, 2.24) is 5.32 Å². The first-order chi connectivity index (χ1) is 7.04. The average Bonchev–Trinajstić information content (AvgIpc) is 2.14. The van der Waals surface area contributed by atoms with Crippen molar-refractivity contribution in [2.75, 3.05) is 11.9 Å². The van der Waals surface area contributed by atoms with Crippen LogP contribution in [0.4, 0.5) is 14.9 Å². The molecule has 0 fully saturated rings. The minimum Gasteiger partial charge on any atom is -0.338 e. The molecule has 0 aliphatic rings. The predicted molar refractivity (Wildman–Crippen MR) is 61.5 cm³/mol. The van der Waals surface area contributed by atoms with Gasteiger partial charge in [0.1, 0.15) is 5.82 Å². The molecular formula is C10H12BrFN2O. The zero-order valence-electron chi connectivity index (χ0n) is 8.53. The average molecular weight is 275 g/mol. The van der Waals surface area contributed by atoms with Gasteiger partial charge in [-0.25, -0.2) is 9.18 Å². The quantitative estimate of drug-likeness (QED) is 0.855. The maximum atomic E-state index is 13.1. The van der Waals surface area contributed by atoms with E-state index in [0.29, 0.717) is 22.3 Å². The van der Waals surface area contributed by atoms with Crippen LogP contribution in [0.3, 0.4) is 0 Å². The monoisotopic (exact) mass is 274 g/mol. The summed E-state index contributed by atoms with van der Waals surface area (Å²) in [7, 11) is 0. The van der Waals surface area contributed by atoms with Crippen LogP contribution in [0.2, 0.25) is 0 Å². The lowest BCUT2D eigenvalue weighted by Crippen LogP contribution is -2.28. The molecule has 2 amide bonds. The molecule has 0 spiro atoms. The van der Waals surface area contributed by atoms with Crippen LogP contribution in [0.25, 0.3) is 0 Å². The zero-order valence-corrected chi connectivity index (χ0v) is 10.1. The number of nitrogens with one attached hydrogen (secondary N) is 2. The second kappa shape index (κ2) is 5.11. The summed E-state index contributed by atoms with van der Waals surface area (Å²) in [5.74, 6) is -0.339. The molecule has 0 aliphatic carbocycles. The second-order valence-corrected chi connectivity index (χ2v) is 3.92. The normalized spacial score (nSPS) is 9.87. The molecular weight excluding hydrogens is 263 g/mol. The molecule has 1 rings (SSSR count). The van der Waals surface area contributed by atoms with E-state index in [4.69, 9.17) is 0 Å². The smallest absolute Gasteiger partial charge is 0.319 e. The summed E-state index contributed by atoms with van der Waals surface area (Å²) in [6.45, 7) is 4.11. The van der Waals surface area contributed by atoms with Crippen LogP contribution in [0, 0.1) is 12.7 Å². The SMILES string of the molecule is CCNC(=O)Nc1cc(Br)c(F)cc1C. The van der Waals surface area contributed by atoms with Gasteiger partial charge < -0.3 is 10.6 Å². The maximum Gasteiger partial charge on any atom is 0.319 e. The van der Waals surface area contributed by atoms with Crippen molar-refractivity contribution in [3.8, 4) is 0 Å². The minimum atomic E-state index is -0.339. The summed E-state index contributed by atoms with van der Waals surface area (Å²) in [5, 5.41) is 5.23. The molecule has 1 aromatic rings. The Morgan fingerprint density at radius 3 is 2.80 bits per heavy atom. The Balaban J connectivity index is 2.86. The summed E-state index contributed by atoms with van der Waals surface area (Å²) < 4.78 is 13.4. The highest BCUT2D eigenvalue weighted by Gasteiger charge is 2.07. The standard InChI is InChI=1S/C10H12BrFN2O/c1-3-13-10(15)14-9-5-7(11)8(12)4-6(9)2/h4-5H,3H2,1-2H3,(H2,13,14,15). The Morgan fingerprint density at radius 2 is 2.20 bits per heavy atom. The first-order valence-corrected chi connectivity index (χ1v) is 5.34. The van der Waals surface area contributed by atoms with Crippen LogP contribution >= 0.6 is 15.9 Å².